The first-order valence-corrected chi connectivity index (χ1v) is 9.71. The molecule has 0 saturated heterocycles. The number of sulfonamides is 1. The van der Waals surface area contributed by atoms with Crippen molar-refractivity contribution in [3.05, 3.63) is 40.9 Å². The Hall–Kier alpha value is -2.65. The van der Waals surface area contributed by atoms with Gasteiger partial charge in [-0.15, -0.1) is 0 Å². The largest absolute Gasteiger partial charge is 0.507 e. The third kappa shape index (κ3) is 4.04. The standard InChI is InChI=1S/C17H16ClNO7S/c1-24-17(21)11-7-10(3-4-14(11)20)27(22,23)19-13-9-16-15(8-12(13)18)25-5-2-6-26-16/h3-4,7-9,19-20H,2,5-6H2,1H3. The Morgan fingerprint density at radius 1 is 1.19 bits per heavy atom. The van der Waals surface area contributed by atoms with E-state index >= 15 is 0 Å². The van der Waals surface area contributed by atoms with Crippen molar-refractivity contribution < 1.29 is 32.5 Å². The van der Waals surface area contributed by atoms with Gasteiger partial charge in [0.1, 0.15) is 11.3 Å². The molecule has 0 atom stereocenters. The number of methoxy groups -OCH3 is 1. The molecule has 2 aromatic carbocycles. The molecular formula is C17H16ClNO7S. The summed E-state index contributed by atoms with van der Waals surface area (Å²) in [5.41, 5.74) is -0.182. The van der Waals surface area contributed by atoms with Crippen LogP contribution in [0.1, 0.15) is 16.8 Å². The Kier molecular flexibility index (Phi) is 5.33. The molecule has 1 aliphatic rings. The lowest BCUT2D eigenvalue weighted by atomic mass is 10.2. The Morgan fingerprint density at radius 2 is 1.85 bits per heavy atom. The van der Waals surface area contributed by atoms with Gasteiger partial charge in [-0.05, 0) is 18.2 Å². The first-order chi connectivity index (χ1) is 12.8. The van der Waals surface area contributed by atoms with Gasteiger partial charge in [0.25, 0.3) is 10.0 Å². The van der Waals surface area contributed by atoms with Crippen molar-refractivity contribution in [1.29, 1.82) is 0 Å². The number of phenolic OH excluding ortho intramolecular Hbond substituents is 1. The summed E-state index contributed by atoms with van der Waals surface area (Å²) in [5, 5.41) is 9.85. The molecule has 1 heterocycles. The summed E-state index contributed by atoms with van der Waals surface area (Å²) < 4.78 is 43.3. The van der Waals surface area contributed by atoms with Crippen LogP contribution in [0.15, 0.2) is 35.2 Å². The van der Waals surface area contributed by atoms with Gasteiger partial charge in [-0.2, -0.15) is 0 Å². The van der Waals surface area contributed by atoms with Crippen LogP contribution in [0, 0.1) is 0 Å². The van der Waals surface area contributed by atoms with E-state index in [1.54, 1.807) is 0 Å². The number of benzene rings is 2. The zero-order valence-corrected chi connectivity index (χ0v) is 15.8. The highest BCUT2D eigenvalue weighted by Gasteiger charge is 2.22. The van der Waals surface area contributed by atoms with Crippen molar-refractivity contribution in [2.45, 2.75) is 11.3 Å². The van der Waals surface area contributed by atoms with E-state index < -0.39 is 21.7 Å². The van der Waals surface area contributed by atoms with Crippen LogP contribution < -0.4 is 14.2 Å². The molecule has 8 nitrogen and oxygen atoms in total. The van der Waals surface area contributed by atoms with E-state index in [2.05, 4.69) is 9.46 Å². The number of rotatable bonds is 4. The predicted octanol–water partition coefficient (Wildman–Crippen LogP) is 2.79. The molecule has 0 unspecified atom stereocenters. The number of aromatic hydroxyl groups is 1. The number of hydrogen-bond donors (Lipinski definition) is 2. The van der Waals surface area contributed by atoms with Crippen LogP contribution in [-0.4, -0.2) is 39.8 Å². The van der Waals surface area contributed by atoms with E-state index in [1.807, 2.05) is 0 Å². The van der Waals surface area contributed by atoms with Crippen molar-refractivity contribution in [3.63, 3.8) is 0 Å². The third-order valence-electron chi connectivity index (χ3n) is 3.77. The number of phenols is 1. The highest BCUT2D eigenvalue weighted by molar-refractivity contribution is 7.92. The van der Waals surface area contributed by atoms with E-state index in [-0.39, 0.29) is 21.2 Å². The van der Waals surface area contributed by atoms with Gasteiger partial charge >= 0.3 is 5.97 Å². The molecule has 0 aliphatic carbocycles. The average molecular weight is 414 g/mol. The Morgan fingerprint density at radius 3 is 2.52 bits per heavy atom. The van der Waals surface area contributed by atoms with E-state index in [0.29, 0.717) is 31.1 Å². The summed E-state index contributed by atoms with van der Waals surface area (Å²) in [7, 11) is -2.98. The molecule has 27 heavy (non-hydrogen) atoms. The van der Waals surface area contributed by atoms with Gasteiger partial charge in [0, 0.05) is 18.6 Å². The van der Waals surface area contributed by atoms with Crippen LogP contribution in [0.4, 0.5) is 5.69 Å². The van der Waals surface area contributed by atoms with E-state index in [9.17, 15) is 18.3 Å². The van der Waals surface area contributed by atoms with E-state index in [1.165, 1.54) is 12.1 Å². The minimum atomic E-state index is -4.10. The van der Waals surface area contributed by atoms with E-state index in [0.717, 1.165) is 25.3 Å². The highest BCUT2D eigenvalue weighted by atomic mass is 35.5. The molecular weight excluding hydrogens is 398 g/mol. The maximum absolute atomic E-state index is 12.7. The molecule has 0 bridgehead atoms. The van der Waals surface area contributed by atoms with Gasteiger partial charge in [-0.25, -0.2) is 13.2 Å². The summed E-state index contributed by atoms with van der Waals surface area (Å²) in [6.07, 6.45) is 0.692. The lowest BCUT2D eigenvalue weighted by molar-refractivity contribution is 0.0597. The number of carbonyl (C=O) groups excluding carboxylic acids is 1. The maximum atomic E-state index is 12.7. The van der Waals surface area contributed by atoms with Crippen LogP contribution in [0.2, 0.25) is 5.02 Å². The van der Waals surface area contributed by atoms with Crippen LogP contribution in [0.5, 0.6) is 17.2 Å². The van der Waals surface area contributed by atoms with Gasteiger partial charge < -0.3 is 19.3 Å². The summed E-state index contributed by atoms with van der Waals surface area (Å²) in [6, 6.07) is 6.16. The average Bonchev–Trinajstić information content (AvgIpc) is 2.86. The number of hydrogen-bond acceptors (Lipinski definition) is 7. The molecule has 0 fully saturated rings. The zero-order chi connectivity index (χ0) is 19.6. The van der Waals surface area contributed by atoms with Gasteiger partial charge in [-0.1, -0.05) is 11.6 Å². The molecule has 0 amide bonds. The number of fused-ring (bicyclic) bond motifs is 1. The fourth-order valence-electron chi connectivity index (χ4n) is 2.42. The number of ether oxygens (including phenoxy) is 3. The molecule has 0 saturated carbocycles. The molecule has 2 aromatic rings. The van der Waals surface area contributed by atoms with Gasteiger partial charge in [-0.3, -0.25) is 4.72 Å². The first kappa shape index (κ1) is 19.1. The lowest BCUT2D eigenvalue weighted by Gasteiger charge is -2.14. The van der Waals surface area contributed by atoms with Crippen molar-refractivity contribution in [2.24, 2.45) is 0 Å². The molecule has 0 spiro atoms. The van der Waals surface area contributed by atoms with Crippen LogP contribution in [0.25, 0.3) is 0 Å². The quantitative estimate of drug-likeness (QED) is 0.741. The highest BCUT2D eigenvalue weighted by Crippen LogP contribution is 2.38. The topological polar surface area (TPSA) is 111 Å². The van der Waals surface area contributed by atoms with E-state index in [4.69, 9.17) is 21.1 Å². The minimum absolute atomic E-state index is 0.0913. The molecule has 0 aromatic heterocycles. The SMILES string of the molecule is COC(=O)c1cc(S(=O)(=O)Nc2cc3c(cc2Cl)OCCCO3)ccc1O. The smallest absolute Gasteiger partial charge is 0.341 e. The fourth-order valence-corrected chi connectivity index (χ4v) is 3.77. The Bertz CT molecular complexity index is 991. The number of esters is 1. The maximum Gasteiger partial charge on any atom is 0.341 e. The van der Waals surface area contributed by atoms with Crippen molar-refractivity contribution in [3.8, 4) is 17.2 Å². The Balaban J connectivity index is 1.95. The van der Waals surface area contributed by atoms with Crippen LogP contribution in [0.3, 0.4) is 0 Å². The summed E-state index contributed by atoms with van der Waals surface area (Å²) in [4.78, 5) is 11.4. The molecule has 3 rings (SSSR count). The summed E-state index contributed by atoms with van der Waals surface area (Å²) in [6.45, 7) is 0.902. The Labute approximate surface area is 160 Å². The fraction of sp³-hybridized carbons (Fsp3) is 0.235. The molecule has 0 radical (unpaired) electrons. The number of carbonyl (C=O) groups is 1. The van der Waals surface area contributed by atoms with Crippen molar-refractivity contribution in [2.75, 3.05) is 25.0 Å². The second-order valence-corrected chi connectivity index (χ2v) is 7.69. The summed E-state index contributed by atoms with van der Waals surface area (Å²) >= 11 is 6.16. The van der Waals surface area contributed by atoms with Crippen molar-refractivity contribution >= 4 is 33.3 Å². The van der Waals surface area contributed by atoms with Crippen LogP contribution >= 0.6 is 11.6 Å². The lowest BCUT2D eigenvalue weighted by Crippen LogP contribution is -2.14. The number of nitrogens with one attached hydrogen (secondary N) is 1. The first-order valence-electron chi connectivity index (χ1n) is 7.85. The monoisotopic (exact) mass is 413 g/mol. The third-order valence-corrected chi connectivity index (χ3v) is 5.44. The zero-order valence-electron chi connectivity index (χ0n) is 14.2. The molecule has 2 N–H and O–H groups in total. The van der Waals surface area contributed by atoms with Gasteiger partial charge in [0.15, 0.2) is 11.5 Å². The van der Waals surface area contributed by atoms with Gasteiger partial charge in [0.2, 0.25) is 0 Å². The normalized spacial score (nSPS) is 13.6. The second kappa shape index (κ2) is 7.53. The molecule has 144 valence electrons. The number of halogens is 1. The number of anilines is 1. The second-order valence-electron chi connectivity index (χ2n) is 5.61. The van der Waals surface area contributed by atoms with Gasteiger partial charge in [0.05, 0.1) is 35.9 Å². The minimum Gasteiger partial charge on any atom is -0.507 e. The predicted molar refractivity (Wildman–Crippen MR) is 97.3 cm³/mol. The molecule has 10 heteroatoms. The van der Waals surface area contributed by atoms with Crippen molar-refractivity contribution in [1.82, 2.24) is 0 Å². The molecule has 1 aliphatic heterocycles. The van der Waals surface area contributed by atoms with Crippen LogP contribution in [-0.2, 0) is 14.8 Å². The summed E-state index contributed by atoms with van der Waals surface area (Å²) in [5.74, 6) is -0.457.